The van der Waals surface area contributed by atoms with Gasteiger partial charge in [-0.1, -0.05) is 0 Å². The van der Waals surface area contributed by atoms with Crippen LogP contribution in [-0.4, -0.2) is 65.5 Å². The molecule has 45 heavy (non-hydrogen) atoms. The summed E-state index contributed by atoms with van der Waals surface area (Å²) in [5.41, 5.74) is 5.16. The summed E-state index contributed by atoms with van der Waals surface area (Å²) in [4.78, 5) is 82.3. The van der Waals surface area contributed by atoms with Crippen LogP contribution >= 0.6 is 0 Å². The summed E-state index contributed by atoms with van der Waals surface area (Å²) in [6.45, 7) is -0.723. The number of carboxylic acids is 2. The van der Waals surface area contributed by atoms with Crippen LogP contribution in [0.4, 0.5) is 22.7 Å². The average Bonchev–Trinajstić information content (AvgIpc) is 3.31. The van der Waals surface area contributed by atoms with Crippen molar-refractivity contribution in [1.82, 2.24) is 10.2 Å². The topological polar surface area (TPSA) is 257 Å². The molecule has 2 atom stereocenters. The summed E-state index contributed by atoms with van der Waals surface area (Å²) < 4.78 is 0. The lowest BCUT2D eigenvalue weighted by Gasteiger charge is -2.20. The Bertz CT molecular complexity index is 1490. The minimum atomic E-state index is -1.47. The van der Waals surface area contributed by atoms with Crippen molar-refractivity contribution < 1.29 is 49.5 Å². The van der Waals surface area contributed by atoms with Crippen LogP contribution in [0.1, 0.15) is 25.7 Å². The number of hydrogen-bond acceptors (Lipinski definition) is 11. The van der Waals surface area contributed by atoms with Gasteiger partial charge in [0.2, 0.25) is 17.7 Å². The number of benzene rings is 2. The number of nitrogens with zero attached hydrogens (tertiary/aromatic N) is 3. The van der Waals surface area contributed by atoms with E-state index in [0.29, 0.717) is 22.7 Å². The first kappa shape index (κ1) is 33.7. The number of hydrogen-bond donors (Lipinski definition) is 4. The fourth-order valence-corrected chi connectivity index (χ4v) is 4.02. The lowest BCUT2D eigenvalue weighted by Crippen LogP contribution is -2.69. The third-order valence-electron chi connectivity index (χ3n) is 6.42. The number of nitrogens with one attached hydrogen (secondary N) is 3. The summed E-state index contributed by atoms with van der Waals surface area (Å²) in [6.07, 6.45) is 2.02. The minimum absolute atomic E-state index is 0.0137. The number of carbonyl (C=O) groups is 7. The van der Waals surface area contributed by atoms with Crippen molar-refractivity contribution in [1.29, 1.82) is 0 Å². The van der Waals surface area contributed by atoms with Gasteiger partial charge in [-0.15, -0.1) is 0 Å². The van der Waals surface area contributed by atoms with Crippen molar-refractivity contribution in [2.24, 2.45) is 16.1 Å². The second-order valence-electron chi connectivity index (χ2n) is 9.92. The largest absolute Gasteiger partial charge is 0.550 e. The lowest BCUT2D eigenvalue weighted by atomic mass is 9.94. The van der Waals surface area contributed by atoms with Crippen LogP contribution in [0.15, 0.2) is 70.9 Å². The van der Waals surface area contributed by atoms with Crippen LogP contribution < -0.4 is 31.9 Å². The molecule has 6 N–H and O–H groups in total. The summed E-state index contributed by atoms with van der Waals surface area (Å²) in [6, 6.07) is 11.5. The maximum absolute atomic E-state index is 12.2. The molecule has 0 spiro atoms. The average molecular weight is 621 g/mol. The maximum Gasteiger partial charge on any atom is 0.254 e. The number of quaternary nitrogens is 1. The van der Waals surface area contributed by atoms with Gasteiger partial charge in [0.05, 0.1) is 23.9 Å². The van der Waals surface area contributed by atoms with Crippen LogP contribution in [0, 0.1) is 5.92 Å². The van der Waals surface area contributed by atoms with E-state index < -0.39 is 60.0 Å². The van der Waals surface area contributed by atoms with E-state index in [4.69, 9.17) is 0 Å². The first-order chi connectivity index (χ1) is 21.4. The zero-order valence-electron chi connectivity index (χ0n) is 23.9. The molecule has 0 radical (unpaired) electrons. The molecule has 5 amide bonds. The Morgan fingerprint density at radius 3 is 1.76 bits per heavy atom. The molecule has 0 aromatic heterocycles. The molecule has 0 fully saturated rings. The SMILES string of the molecule is [NH3+][C@@H](CC(CCCC(=O)NCC(=O)Nc1ccc(N=Nc2ccc(NC(=O)CN3C(=O)C=CC3=O)cc2)cc1)C(=O)[O-])C(=O)[O-]. The Hall–Kier alpha value is -5.77. The van der Waals surface area contributed by atoms with Crippen molar-refractivity contribution in [3.63, 3.8) is 0 Å². The van der Waals surface area contributed by atoms with Crippen LogP contribution in [0.2, 0.25) is 0 Å². The molecule has 1 aliphatic heterocycles. The molecule has 1 unspecified atom stereocenters. The molecule has 0 saturated carbocycles. The number of aliphatic carboxylic acids is 2. The lowest BCUT2D eigenvalue weighted by molar-refractivity contribution is -0.440. The van der Waals surface area contributed by atoms with Gasteiger partial charge in [-0.2, -0.15) is 10.2 Å². The Kier molecular flexibility index (Phi) is 12.1. The third kappa shape index (κ3) is 11.1. The maximum atomic E-state index is 12.2. The second kappa shape index (κ2) is 16.2. The van der Waals surface area contributed by atoms with E-state index in [1.54, 1.807) is 48.5 Å². The third-order valence-corrected chi connectivity index (χ3v) is 6.42. The summed E-state index contributed by atoms with van der Waals surface area (Å²) >= 11 is 0. The number of imide groups is 1. The van der Waals surface area contributed by atoms with E-state index in [0.717, 1.165) is 17.1 Å². The number of carboxylic acid groups (broad SMARTS) is 2. The molecule has 3 rings (SSSR count). The molecule has 0 saturated heterocycles. The predicted octanol–water partition coefficient (Wildman–Crippen LogP) is -1.69. The van der Waals surface area contributed by atoms with Gasteiger partial charge in [0.15, 0.2) is 0 Å². The molecular weight excluding hydrogens is 590 g/mol. The summed E-state index contributed by atoms with van der Waals surface area (Å²) in [7, 11) is 0. The highest BCUT2D eigenvalue weighted by molar-refractivity contribution is 6.15. The second-order valence-corrected chi connectivity index (χ2v) is 9.92. The van der Waals surface area contributed by atoms with E-state index in [2.05, 4.69) is 31.9 Å². The smallest absolute Gasteiger partial charge is 0.254 e. The monoisotopic (exact) mass is 620 g/mol. The van der Waals surface area contributed by atoms with Gasteiger partial charge in [0.1, 0.15) is 12.6 Å². The summed E-state index contributed by atoms with van der Waals surface area (Å²) in [5, 5.41) is 37.8. The van der Waals surface area contributed by atoms with Gasteiger partial charge < -0.3 is 41.5 Å². The normalized spacial score (nSPS) is 13.8. The molecule has 16 heteroatoms. The Morgan fingerprint density at radius 1 is 0.756 bits per heavy atom. The molecule has 0 bridgehead atoms. The zero-order valence-corrected chi connectivity index (χ0v) is 23.9. The zero-order chi connectivity index (χ0) is 32.9. The van der Waals surface area contributed by atoms with Gasteiger partial charge in [-0.25, -0.2) is 0 Å². The quantitative estimate of drug-likeness (QED) is 0.123. The molecule has 2 aromatic carbocycles. The van der Waals surface area contributed by atoms with E-state index >= 15 is 0 Å². The fourth-order valence-electron chi connectivity index (χ4n) is 4.02. The molecule has 1 aliphatic rings. The van der Waals surface area contributed by atoms with Gasteiger partial charge in [-0.3, -0.25) is 28.9 Å². The number of azo groups is 1. The minimum Gasteiger partial charge on any atom is -0.550 e. The van der Waals surface area contributed by atoms with Crippen molar-refractivity contribution >= 4 is 64.2 Å². The number of carbonyl (C=O) groups excluding carboxylic acids is 7. The van der Waals surface area contributed by atoms with E-state index in [1.165, 1.54) is 0 Å². The Morgan fingerprint density at radius 2 is 1.27 bits per heavy atom. The highest BCUT2D eigenvalue weighted by Crippen LogP contribution is 2.22. The molecule has 0 aliphatic carbocycles. The van der Waals surface area contributed by atoms with Gasteiger partial charge in [0, 0.05) is 48.3 Å². The van der Waals surface area contributed by atoms with Crippen molar-refractivity contribution in [3.8, 4) is 0 Å². The Labute approximate surface area is 256 Å². The van der Waals surface area contributed by atoms with E-state index in [1.807, 2.05) is 0 Å². The van der Waals surface area contributed by atoms with E-state index in [9.17, 15) is 43.8 Å². The highest BCUT2D eigenvalue weighted by atomic mass is 16.4. The predicted molar refractivity (Wildman–Crippen MR) is 152 cm³/mol. The first-order valence-corrected chi connectivity index (χ1v) is 13.7. The molecule has 2 aromatic rings. The number of rotatable bonds is 16. The van der Waals surface area contributed by atoms with Gasteiger partial charge in [0.25, 0.3) is 11.8 Å². The first-order valence-electron chi connectivity index (χ1n) is 13.7. The number of anilines is 2. The molecular formula is C29H30N7O9-. The van der Waals surface area contributed by atoms with Crippen LogP contribution in [0.5, 0.6) is 0 Å². The fraction of sp³-hybridized carbons (Fsp3) is 0.276. The van der Waals surface area contributed by atoms with Crippen LogP contribution in [0.25, 0.3) is 0 Å². The van der Waals surface area contributed by atoms with Gasteiger partial charge >= 0.3 is 0 Å². The van der Waals surface area contributed by atoms with E-state index in [-0.39, 0.29) is 32.2 Å². The van der Waals surface area contributed by atoms with Crippen LogP contribution in [0.3, 0.4) is 0 Å². The van der Waals surface area contributed by atoms with Gasteiger partial charge in [-0.05, 0) is 61.4 Å². The molecule has 1 heterocycles. The molecule has 16 nitrogen and oxygen atoms in total. The molecule has 236 valence electrons. The van der Waals surface area contributed by atoms with Crippen molar-refractivity contribution in [2.45, 2.75) is 31.7 Å². The number of amides is 5. The summed E-state index contributed by atoms with van der Waals surface area (Å²) in [5.74, 6) is -6.60. The standard InChI is InChI=1S/C29H31N7O9/c30-22(29(44)45)14-17(28(42)43)2-1-3-23(37)31-15-24(38)32-18-4-8-20(9-5-18)34-35-21-10-6-19(7-11-21)33-25(39)16-36-26(40)12-13-27(36)41/h4-13,17,22H,1-3,14-16,30H2,(H,31,37)(H,32,38)(H,33,39)(H,42,43)(H,44,45)/p-1/t17?,22-/m0/s1. The van der Waals surface area contributed by atoms with Crippen molar-refractivity contribution in [2.75, 3.05) is 23.7 Å². The highest BCUT2D eigenvalue weighted by Gasteiger charge is 2.25. The van der Waals surface area contributed by atoms with Crippen LogP contribution in [-0.2, 0) is 33.6 Å². The van der Waals surface area contributed by atoms with Crippen molar-refractivity contribution in [3.05, 3.63) is 60.7 Å². The Balaban J connectivity index is 1.38.